The smallest absolute Gasteiger partial charge is 0.335 e. The lowest BCUT2D eigenvalue weighted by Gasteiger charge is -2.11. The minimum atomic E-state index is -0.497. The van der Waals surface area contributed by atoms with Crippen LogP contribution in [0.3, 0.4) is 0 Å². The first kappa shape index (κ1) is 19.8. The molecule has 0 spiro atoms. The topological polar surface area (TPSA) is 52.1 Å². The number of benzene rings is 4. The zero-order chi connectivity index (χ0) is 22.4. The number of carbonyl (C=O) groups excluding carboxylic acids is 1. The summed E-state index contributed by atoms with van der Waals surface area (Å²) in [6.45, 7) is 3.53. The standard InChI is InChI=1S/C27H16N2O2S2/c1-2-24(30)31-21-14-12-16-15-17(26-28-19-7-3-5-9-22(19)32-26)11-13-18(16)25(21)27-29-20-8-4-6-10-23(20)33-27/h2-15H,1H2. The lowest BCUT2D eigenvalue weighted by atomic mass is 10.0. The van der Waals surface area contributed by atoms with E-state index < -0.39 is 5.97 Å². The number of ether oxygens (including phenoxy) is 1. The van der Waals surface area contributed by atoms with Crippen LogP contribution >= 0.6 is 22.7 Å². The fourth-order valence-corrected chi connectivity index (χ4v) is 5.87. The first-order chi connectivity index (χ1) is 16.2. The molecule has 0 aliphatic carbocycles. The van der Waals surface area contributed by atoms with Crippen LogP contribution in [0.15, 0.2) is 91.5 Å². The molecule has 0 atom stereocenters. The summed E-state index contributed by atoms with van der Waals surface area (Å²) in [7, 11) is 0. The maximum absolute atomic E-state index is 12.0. The summed E-state index contributed by atoms with van der Waals surface area (Å²) in [6.07, 6.45) is 1.17. The molecular formula is C27H16N2O2S2. The maximum Gasteiger partial charge on any atom is 0.335 e. The molecular weight excluding hydrogens is 448 g/mol. The van der Waals surface area contributed by atoms with Gasteiger partial charge in [0.2, 0.25) is 0 Å². The summed E-state index contributed by atoms with van der Waals surface area (Å²) in [5.41, 5.74) is 3.77. The highest BCUT2D eigenvalue weighted by Crippen LogP contribution is 2.42. The van der Waals surface area contributed by atoms with Crippen LogP contribution in [0, 0.1) is 0 Å². The first-order valence-corrected chi connectivity index (χ1v) is 12.0. The van der Waals surface area contributed by atoms with Crippen molar-refractivity contribution in [2.75, 3.05) is 0 Å². The van der Waals surface area contributed by atoms with Gasteiger partial charge in [0.25, 0.3) is 0 Å². The summed E-state index contributed by atoms with van der Waals surface area (Å²) >= 11 is 3.25. The predicted molar refractivity (Wildman–Crippen MR) is 137 cm³/mol. The fourth-order valence-electron chi connectivity index (χ4n) is 3.87. The van der Waals surface area contributed by atoms with E-state index in [2.05, 4.69) is 30.8 Å². The summed E-state index contributed by atoms with van der Waals surface area (Å²) in [5, 5.41) is 3.77. The molecule has 0 amide bonds. The van der Waals surface area contributed by atoms with Crippen molar-refractivity contribution in [1.82, 2.24) is 9.97 Å². The molecule has 0 radical (unpaired) electrons. The molecule has 0 fully saturated rings. The van der Waals surface area contributed by atoms with Crippen molar-refractivity contribution in [1.29, 1.82) is 0 Å². The van der Waals surface area contributed by atoms with Crippen molar-refractivity contribution in [3.8, 4) is 26.9 Å². The van der Waals surface area contributed by atoms with E-state index in [0.29, 0.717) is 5.75 Å². The zero-order valence-electron chi connectivity index (χ0n) is 17.3. The van der Waals surface area contributed by atoms with Gasteiger partial charge in [-0.3, -0.25) is 0 Å². The van der Waals surface area contributed by atoms with Crippen LogP contribution in [0.25, 0.3) is 52.3 Å². The second kappa shape index (κ2) is 7.92. The number of thiazole rings is 2. The number of rotatable bonds is 4. The van der Waals surface area contributed by atoms with E-state index in [-0.39, 0.29) is 0 Å². The number of nitrogens with zero attached hydrogens (tertiary/aromatic N) is 2. The van der Waals surface area contributed by atoms with Gasteiger partial charge >= 0.3 is 5.97 Å². The molecule has 6 heteroatoms. The normalized spacial score (nSPS) is 11.3. The van der Waals surface area contributed by atoms with Gasteiger partial charge in [0, 0.05) is 11.6 Å². The highest BCUT2D eigenvalue weighted by Gasteiger charge is 2.18. The van der Waals surface area contributed by atoms with Crippen LogP contribution in [0.4, 0.5) is 0 Å². The Kier molecular flexibility index (Phi) is 4.75. The van der Waals surface area contributed by atoms with Crippen LogP contribution in [0.5, 0.6) is 5.75 Å². The van der Waals surface area contributed by atoms with Gasteiger partial charge in [-0.1, -0.05) is 49.0 Å². The van der Waals surface area contributed by atoms with Crippen LogP contribution in [-0.4, -0.2) is 15.9 Å². The Morgan fingerprint density at radius 2 is 1.48 bits per heavy atom. The number of esters is 1. The van der Waals surface area contributed by atoms with Crippen molar-refractivity contribution in [3.05, 3.63) is 91.5 Å². The molecule has 4 aromatic carbocycles. The van der Waals surface area contributed by atoms with Crippen LogP contribution < -0.4 is 4.74 Å². The second-order valence-corrected chi connectivity index (χ2v) is 9.53. The van der Waals surface area contributed by atoms with Gasteiger partial charge < -0.3 is 4.74 Å². The van der Waals surface area contributed by atoms with Gasteiger partial charge in [-0.2, -0.15) is 0 Å². The average molecular weight is 465 g/mol. The lowest BCUT2D eigenvalue weighted by Crippen LogP contribution is -2.04. The molecule has 4 nitrogen and oxygen atoms in total. The maximum atomic E-state index is 12.0. The Bertz CT molecular complexity index is 1630. The quantitative estimate of drug-likeness (QED) is 0.154. The van der Waals surface area contributed by atoms with E-state index in [4.69, 9.17) is 14.7 Å². The minimum absolute atomic E-state index is 0.471. The molecule has 2 heterocycles. The zero-order valence-corrected chi connectivity index (χ0v) is 19.0. The summed E-state index contributed by atoms with van der Waals surface area (Å²) in [4.78, 5) is 21.7. The SMILES string of the molecule is C=CC(=O)Oc1ccc2cc(-c3nc4ccccc4s3)ccc2c1-c1nc2ccccc2s1. The molecule has 33 heavy (non-hydrogen) atoms. The van der Waals surface area contributed by atoms with Gasteiger partial charge in [0.15, 0.2) is 0 Å². The number of para-hydroxylation sites is 2. The summed E-state index contributed by atoms with van der Waals surface area (Å²) in [6, 6.07) is 26.2. The van der Waals surface area contributed by atoms with Gasteiger partial charge in [0.1, 0.15) is 15.8 Å². The number of fused-ring (bicyclic) bond motifs is 3. The molecule has 6 aromatic rings. The Balaban J connectivity index is 1.55. The Morgan fingerprint density at radius 3 is 2.18 bits per heavy atom. The minimum Gasteiger partial charge on any atom is -0.423 e. The van der Waals surface area contributed by atoms with Crippen molar-refractivity contribution < 1.29 is 9.53 Å². The molecule has 0 aliphatic heterocycles. The Hall–Kier alpha value is -3.87. The van der Waals surface area contributed by atoms with Crippen molar-refractivity contribution in [3.63, 3.8) is 0 Å². The molecule has 2 aromatic heterocycles. The number of aromatic nitrogens is 2. The van der Waals surface area contributed by atoms with Crippen LogP contribution in [-0.2, 0) is 4.79 Å². The number of hydrogen-bond donors (Lipinski definition) is 0. The van der Waals surface area contributed by atoms with Gasteiger partial charge in [-0.05, 0) is 47.2 Å². The molecule has 0 N–H and O–H groups in total. The molecule has 6 rings (SSSR count). The van der Waals surface area contributed by atoms with Crippen molar-refractivity contribution >= 4 is 59.8 Å². The monoisotopic (exact) mass is 464 g/mol. The third-order valence-electron chi connectivity index (χ3n) is 5.41. The van der Waals surface area contributed by atoms with E-state index >= 15 is 0 Å². The third kappa shape index (κ3) is 3.50. The fraction of sp³-hybridized carbons (Fsp3) is 0. The molecule has 0 bridgehead atoms. The van der Waals surface area contributed by atoms with Crippen LogP contribution in [0.2, 0.25) is 0 Å². The number of carbonyl (C=O) groups is 1. The summed E-state index contributed by atoms with van der Waals surface area (Å²) < 4.78 is 7.85. The highest BCUT2D eigenvalue weighted by molar-refractivity contribution is 7.22. The van der Waals surface area contributed by atoms with E-state index in [1.54, 1.807) is 22.7 Å². The Labute approximate surface area is 197 Å². The highest BCUT2D eigenvalue weighted by atomic mass is 32.1. The van der Waals surface area contributed by atoms with Gasteiger partial charge in [-0.25, -0.2) is 14.8 Å². The molecule has 0 saturated carbocycles. The Morgan fingerprint density at radius 1 is 0.818 bits per heavy atom. The average Bonchev–Trinajstić information content (AvgIpc) is 3.47. The van der Waals surface area contributed by atoms with E-state index in [9.17, 15) is 4.79 Å². The van der Waals surface area contributed by atoms with Crippen molar-refractivity contribution in [2.24, 2.45) is 0 Å². The summed E-state index contributed by atoms with van der Waals surface area (Å²) in [5.74, 6) is -0.0259. The first-order valence-electron chi connectivity index (χ1n) is 10.3. The van der Waals surface area contributed by atoms with Gasteiger partial charge in [0.05, 0.1) is 26.0 Å². The van der Waals surface area contributed by atoms with E-state index in [0.717, 1.165) is 52.3 Å². The van der Waals surface area contributed by atoms with Crippen molar-refractivity contribution in [2.45, 2.75) is 0 Å². The second-order valence-electron chi connectivity index (χ2n) is 7.47. The lowest BCUT2D eigenvalue weighted by molar-refractivity contribution is -0.128. The molecule has 158 valence electrons. The third-order valence-corrected chi connectivity index (χ3v) is 7.55. The van der Waals surface area contributed by atoms with E-state index in [1.165, 1.54) is 6.08 Å². The molecule has 0 aliphatic rings. The predicted octanol–water partition coefficient (Wildman–Crippen LogP) is 7.48. The van der Waals surface area contributed by atoms with E-state index in [1.807, 2.05) is 54.6 Å². The van der Waals surface area contributed by atoms with Gasteiger partial charge in [-0.15, -0.1) is 22.7 Å². The van der Waals surface area contributed by atoms with Crippen LogP contribution in [0.1, 0.15) is 0 Å². The number of hydrogen-bond acceptors (Lipinski definition) is 6. The largest absolute Gasteiger partial charge is 0.423 e. The molecule has 0 unspecified atom stereocenters. The molecule has 0 saturated heterocycles.